The molecule has 4 rings (SSSR count). The van der Waals surface area contributed by atoms with Gasteiger partial charge in [0.05, 0.1) is 24.3 Å². The number of piperidine rings is 1. The van der Waals surface area contributed by atoms with Gasteiger partial charge in [0.2, 0.25) is 0 Å². The Balaban J connectivity index is 1.69. The third-order valence-electron chi connectivity index (χ3n) is 5.17. The van der Waals surface area contributed by atoms with Crippen LogP contribution in [-0.4, -0.2) is 49.8 Å². The van der Waals surface area contributed by atoms with Crippen molar-refractivity contribution in [3.8, 4) is 11.4 Å². The summed E-state index contributed by atoms with van der Waals surface area (Å²) < 4.78 is 41.2. The van der Waals surface area contributed by atoms with Gasteiger partial charge in [-0.15, -0.1) is 0 Å². The Morgan fingerprint density at radius 3 is 2.79 bits per heavy atom. The molecule has 3 aromatic rings. The SMILES string of the molecule is CC(O)(c1ccc2ncc(-c3cncc(N[C@@H]4CCCNC4)n3)n2c1)C(F)(F)F. The van der Waals surface area contributed by atoms with E-state index in [1.54, 1.807) is 6.20 Å². The van der Waals surface area contributed by atoms with Crippen LogP contribution in [0.4, 0.5) is 19.0 Å². The van der Waals surface area contributed by atoms with Gasteiger partial charge >= 0.3 is 6.18 Å². The molecule has 0 bridgehead atoms. The van der Waals surface area contributed by atoms with Gasteiger partial charge in [0, 0.05) is 24.3 Å². The van der Waals surface area contributed by atoms with E-state index in [0.29, 0.717) is 22.9 Å². The van der Waals surface area contributed by atoms with E-state index in [4.69, 9.17) is 0 Å². The highest BCUT2D eigenvalue weighted by Crippen LogP contribution is 2.38. The van der Waals surface area contributed by atoms with Crippen LogP contribution in [0.1, 0.15) is 25.3 Å². The molecule has 0 amide bonds. The fraction of sp³-hybridized carbons (Fsp3) is 0.421. The second kappa shape index (κ2) is 7.27. The molecule has 29 heavy (non-hydrogen) atoms. The number of hydrogen-bond acceptors (Lipinski definition) is 6. The van der Waals surface area contributed by atoms with Gasteiger partial charge in [0.1, 0.15) is 17.2 Å². The quantitative estimate of drug-likeness (QED) is 0.618. The van der Waals surface area contributed by atoms with Crippen LogP contribution in [0.5, 0.6) is 0 Å². The predicted molar refractivity (Wildman–Crippen MR) is 101 cm³/mol. The fourth-order valence-electron chi connectivity index (χ4n) is 3.36. The summed E-state index contributed by atoms with van der Waals surface area (Å²) in [6, 6.07) is 2.89. The highest BCUT2D eigenvalue weighted by Gasteiger charge is 2.51. The molecular weight excluding hydrogens is 385 g/mol. The maximum atomic E-state index is 13.2. The standard InChI is InChI=1S/C19H21F3N6O/c1-18(29,19(20,21)22)12-4-5-17-25-9-15(28(17)11-12)14-8-24-10-16(27-14)26-13-3-2-6-23-7-13/h4-5,8-11,13,23,29H,2-3,6-7H2,1H3,(H,26,27)/t13-,18?/m1/s1. The first kappa shape index (κ1) is 19.6. The van der Waals surface area contributed by atoms with Crippen LogP contribution in [-0.2, 0) is 5.60 Å². The van der Waals surface area contributed by atoms with Gasteiger partial charge in [-0.1, -0.05) is 6.07 Å². The number of anilines is 1. The molecule has 1 aliphatic rings. The number of fused-ring (bicyclic) bond motifs is 1. The van der Waals surface area contributed by atoms with E-state index in [2.05, 4.69) is 25.6 Å². The molecular formula is C19H21F3N6O. The van der Waals surface area contributed by atoms with E-state index in [9.17, 15) is 18.3 Å². The first-order valence-electron chi connectivity index (χ1n) is 9.32. The number of pyridine rings is 1. The van der Waals surface area contributed by atoms with E-state index in [1.807, 2.05) is 0 Å². The smallest absolute Gasteiger partial charge is 0.376 e. The van der Waals surface area contributed by atoms with E-state index in [-0.39, 0.29) is 11.6 Å². The van der Waals surface area contributed by atoms with Crippen molar-refractivity contribution in [2.75, 3.05) is 18.4 Å². The summed E-state index contributed by atoms with van der Waals surface area (Å²) in [5.41, 5.74) is -1.87. The summed E-state index contributed by atoms with van der Waals surface area (Å²) >= 11 is 0. The molecule has 154 valence electrons. The molecule has 3 aromatic heterocycles. The molecule has 1 saturated heterocycles. The minimum Gasteiger partial charge on any atom is -0.376 e. The monoisotopic (exact) mass is 406 g/mol. The number of halogens is 3. The van der Waals surface area contributed by atoms with Crippen LogP contribution >= 0.6 is 0 Å². The van der Waals surface area contributed by atoms with Crippen LogP contribution in [0.15, 0.2) is 36.9 Å². The highest BCUT2D eigenvalue weighted by atomic mass is 19.4. The summed E-state index contributed by atoms with van der Waals surface area (Å²) in [5.74, 6) is 0.588. The summed E-state index contributed by atoms with van der Waals surface area (Å²) in [4.78, 5) is 13.0. The molecule has 1 unspecified atom stereocenters. The minimum absolute atomic E-state index is 0.240. The minimum atomic E-state index is -4.81. The fourth-order valence-corrected chi connectivity index (χ4v) is 3.36. The van der Waals surface area contributed by atoms with Gasteiger partial charge in [0.15, 0.2) is 5.60 Å². The number of hydrogen-bond donors (Lipinski definition) is 3. The normalized spacial score (nSPS) is 19.8. The lowest BCUT2D eigenvalue weighted by atomic mass is 9.97. The van der Waals surface area contributed by atoms with Gasteiger partial charge in [0.25, 0.3) is 0 Å². The van der Waals surface area contributed by atoms with Gasteiger partial charge in [-0.05, 0) is 32.4 Å². The molecule has 2 atom stereocenters. The summed E-state index contributed by atoms with van der Waals surface area (Å²) in [6.07, 6.45) is 3.18. The van der Waals surface area contributed by atoms with E-state index in [1.165, 1.54) is 35.1 Å². The van der Waals surface area contributed by atoms with Crippen molar-refractivity contribution in [1.29, 1.82) is 0 Å². The Hall–Kier alpha value is -2.72. The molecule has 10 heteroatoms. The molecule has 0 aromatic carbocycles. The van der Waals surface area contributed by atoms with Crippen molar-refractivity contribution in [2.24, 2.45) is 0 Å². The highest BCUT2D eigenvalue weighted by molar-refractivity contribution is 5.61. The zero-order valence-electron chi connectivity index (χ0n) is 15.7. The lowest BCUT2D eigenvalue weighted by molar-refractivity contribution is -0.259. The molecule has 0 aliphatic carbocycles. The zero-order chi connectivity index (χ0) is 20.6. The third kappa shape index (κ3) is 3.77. The number of alkyl halides is 3. The second-order valence-electron chi connectivity index (χ2n) is 7.34. The van der Waals surface area contributed by atoms with Crippen LogP contribution in [0.2, 0.25) is 0 Å². The van der Waals surface area contributed by atoms with Crippen molar-refractivity contribution in [1.82, 2.24) is 24.7 Å². The number of nitrogens with one attached hydrogen (secondary N) is 2. The van der Waals surface area contributed by atoms with Gasteiger partial charge in [-0.2, -0.15) is 13.2 Å². The molecule has 3 N–H and O–H groups in total. The average molecular weight is 406 g/mol. The number of imidazole rings is 1. The van der Waals surface area contributed by atoms with Crippen LogP contribution in [0, 0.1) is 0 Å². The summed E-state index contributed by atoms with van der Waals surface area (Å²) in [7, 11) is 0. The molecule has 4 heterocycles. The number of nitrogens with zero attached hydrogens (tertiary/aromatic N) is 4. The average Bonchev–Trinajstić information content (AvgIpc) is 3.11. The zero-order valence-corrected chi connectivity index (χ0v) is 15.7. The van der Waals surface area contributed by atoms with Crippen molar-refractivity contribution in [3.63, 3.8) is 0 Å². The Kier molecular flexibility index (Phi) is 4.91. The van der Waals surface area contributed by atoms with Gasteiger partial charge < -0.3 is 15.7 Å². The molecule has 1 aliphatic heterocycles. The number of aromatic nitrogens is 4. The van der Waals surface area contributed by atoms with Crippen molar-refractivity contribution in [3.05, 3.63) is 42.5 Å². The first-order chi connectivity index (χ1) is 13.8. The van der Waals surface area contributed by atoms with Crippen LogP contribution < -0.4 is 10.6 Å². The Morgan fingerprint density at radius 2 is 2.07 bits per heavy atom. The third-order valence-corrected chi connectivity index (χ3v) is 5.17. The number of aliphatic hydroxyl groups is 1. The first-order valence-corrected chi connectivity index (χ1v) is 9.32. The lowest BCUT2D eigenvalue weighted by Crippen LogP contribution is -2.39. The molecule has 7 nitrogen and oxygen atoms in total. The summed E-state index contributed by atoms with van der Waals surface area (Å²) in [6.45, 7) is 2.56. The predicted octanol–water partition coefficient (Wildman–Crippen LogP) is 2.73. The van der Waals surface area contributed by atoms with E-state index in [0.717, 1.165) is 32.9 Å². The number of rotatable bonds is 4. The maximum Gasteiger partial charge on any atom is 0.421 e. The molecule has 0 saturated carbocycles. The topological polar surface area (TPSA) is 87.4 Å². The van der Waals surface area contributed by atoms with Crippen LogP contribution in [0.3, 0.4) is 0 Å². The molecule has 1 fully saturated rings. The largest absolute Gasteiger partial charge is 0.421 e. The summed E-state index contributed by atoms with van der Waals surface area (Å²) in [5, 5.41) is 16.7. The van der Waals surface area contributed by atoms with Crippen molar-refractivity contribution < 1.29 is 18.3 Å². The van der Waals surface area contributed by atoms with Crippen molar-refractivity contribution in [2.45, 2.75) is 37.6 Å². The molecule has 0 spiro atoms. The van der Waals surface area contributed by atoms with Crippen molar-refractivity contribution >= 4 is 11.5 Å². The van der Waals surface area contributed by atoms with Gasteiger partial charge in [-0.3, -0.25) is 9.38 Å². The Bertz CT molecular complexity index is 1010. The second-order valence-corrected chi connectivity index (χ2v) is 7.34. The van der Waals surface area contributed by atoms with Crippen LogP contribution in [0.25, 0.3) is 17.0 Å². The maximum absolute atomic E-state index is 13.2. The van der Waals surface area contributed by atoms with Gasteiger partial charge in [-0.25, -0.2) is 9.97 Å². The lowest BCUT2D eigenvalue weighted by Gasteiger charge is -2.26. The van der Waals surface area contributed by atoms with E-state index < -0.39 is 11.8 Å². The Labute approximate surface area is 165 Å². The Morgan fingerprint density at radius 1 is 1.24 bits per heavy atom. The molecule has 0 radical (unpaired) electrons. The van der Waals surface area contributed by atoms with E-state index >= 15 is 0 Å².